The Kier molecular flexibility index (Phi) is 5.56. The number of benzene rings is 2. The summed E-state index contributed by atoms with van der Waals surface area (Å²) in [4.78, 5) is 11.1. The second kappa shape index (κ2) is 7.64. The molecule has 0 aliphatic heterocycles. The average molecular weight is 365 g/mol. The molecule has 0 saturated carbocycles. The Morgan fingerprint density at radius 3 is 1.69 bits per heavy atom. The van der Waals surface area contributed by atoms with Gasteiger partial charge in [0.15, 0.2) is 23.1 Å². The first-order valence-corrected chi connectivity index (χ1v) is 6.99. The molecule has 0 atom stereocenters. The second-order valence-corrected chi connectivity index (χ2v) is 4.77. The maximum absolute atomic E-state index is 14.2. The summed E-state index contributed by atoms with van der Waals surface area (Å²) >= 11 is 0. The van der Waals surface area contributed by atoms with Crippen molar-refractivity contribution < 1.29 is 31.8 Å². The summed E-state index contributed by atoms with van der Waals surface area (Å²) < 4.78 is 65.7. The van der Waals surface area contributed by atoms with Crippen LogP contribution in [0.25, 0.3) is 11.1 Å². The third kappa shape index (κ3) is 3.64. The Labute approximate surface area is 145 Å². The molecule has 4 nitrogen and oxygen atoms in total. The molecule has 0 spiro atoms. The third-order valence-electron chi connectivity index (χ3n) is 3.17. The molecule has 0 aromatic heterocycles. The van der Waals surface area contributed by atoms with Crippen LogP contribution in [0.5, 0.6) is 11.5 Å². The van der Waals surface area contributed by atoms with Crippen molar-refractivity contribution >= 4 is 11.9 Å². The molecule has 2 rings (SSSR count). The van der Waals surface area contributed by atoms with Gasteiger partial charge in [0, 0.05) is 17.2 Å². The molecule has 26 heavy (non-hydrogen) atoms. The van der Waals surface area contributed by atoms with E-state index in [0.29, 0.717) is 0 Å². The lowest BCUT2D eigenvalue weighted by Gasteiger charge is -2.11. The first kappa shape index (κ1) is 18.9. The molecule has 1 N–H and O–H groups in total. The van der Waals surface area contributed by atoms with E-state index in [4.69, 9.17) is 10.1 Å². The normalized spacial score (nSPS) is 10.2. The average Bonchev–Trinajstić information content (AvgIpc) is 2.63. The van der Waals surface area contributed by atoms with Gasteiger partial charge in [-0.15, -0.1) is 0 Å². The molecule has 0 heterocycles. The van der Waals surface area contributed by atoms with Gasteiger partial charge in [0.25, 0.3) is 0 Å². The molecule has 0 amide bonds. The van der Waals surface area contributed by atoms with Gasteiger partial charge in [-0.25, -0.2) is 13.6 Å². The Morgan fingerprint density at radius 2 is 1.27 bits per heavy atom. The molecule has 0 aliphatic carbocycles. The maximum atomic E-state index is 14.2. The fraction of sp³-hybridized carbons (Fsp3) is 0. The van der Waals surface area contributed by atoms with Crippen LogP contribution in [0, 0.1) is 28.7 Å². The van der Waals surface area contributed by atoms with Gasteiger partial charge >= 0.3 is 5.97 Å². The standard InChI is InChI=1S/C18H11F4NO3/c1-3-13(23)25-11-7-5-9(15(19)17(11)21)10-6-8-12(18(22)16(10)20)26-14(24)4-2/h3-8,23H,1-2H2. The van der Waals surface area contributed by atoms with Gasteiger partial charge in [-0.3, -0.25) is 5.41 Å². The summed E-state index contributed by atoms with van der Waals surface area (Å²) in [5.74, 6) is -8.97. The predicted molar refractivity (Wildman–Crippen MR) is 86.1 cm³/mol. The van der Waals surface area contributed by atoms with Crippen LogP contribution in [-0.4, -0.2) is 11.9 Å². The van der Waals surface area contributed by atoms with Crippen molar-refractivity contribution in [3.63, 3.8) is 0 Å². The van der Waals surface area contributed by atoms with Crippen LogP contribution >= 0.6 is 0 Å². The third-order valence-corrected chi connectivity index (χ3v) is 3.17. The smallest absolute Gasteiger partial charge is 0.335 e. The van der Waals surface area contributed by atoms with Crippen molar-refractivity contribution in [3.8, 4) is 22.6 Å². The number of ether oxygens (including phenoxy) is 2. The molecule has 2 aromatic rings. The number of carbonyl (C=O) groups excluding carboxylic acids is 1. The summed E-state index contributed by atoms with van der Waals surface area (Å²) in [5, 5.41) is 7.23. The summed E-state index contributed by atoms with van der Waals surface area (Å²) in [6.45, 7) is 6.35. The summed E-state index contributed by atoms with van der Waals surface area (Å²) in [5.41, 5.74) is -1.18. The number of rotatable bonds is 5. The van der Waals surface area contributed by atoms with E-state index in [2.05, 4.69) is 17.9 Å². The fourth-order valence-electron chi connectivity index (χ4n) is 1.95. The number of halogens is 4. The minimum Gasteiger partial charge on any atom is -0.436 e. The molecule has 0 fully saturated rings. The lowest BCUT2D eigenvalue weighted by atomic mass is 10.0. The first-order valence-electron chi connectivity index (χ1n) is 6.99. The van der Waals surface area contributed by atoms with Crippen LogP contribution in [0.2, 0.25) is 0 Å². The molecular formula is C18H11F4NO3. The van der Waals surface area contributed by atoms with Crippen molar-refractivity contribution in [1.29, 1.82) is 5.41 Å². The number of esters is 1. The molecule has 0 radical (unpaired) electrons. The number of carbonyl (C=O) groups is 1. The fourth-order valence-corrected chi connectivity index (χ4v) is 1.95. The van der Waals surface area contributed by atoms with Gasteiger partial charge in [-0.1, -0.05) is 13.2 Å². The number of hydrogen-bond acceptors (Lipinski definition) is 4. The summed E-state index contributed by atoms with van der Waals surface area (Å²) in [6, 6.07) is 3.73. The Hall–Kier alpha value is -3.42. The zero-order chi connectivity index (χ0) is 19.4. The van der Waals surface area contributed by atoms with Crippen LogP contribution in [0.1, 0.15) is 0 Å². The van der Waals surface area contributed by atoms with Gasteiger partial charge in [-0.05, 0) is 30.3 Å². The van der Waals surface area contributed by atoms with Gasteiger partial charge in [0.1, 0.15) is 0 Å². The van der Waals surface area contributed by atoms with Crippen LogP contribution in [0.3, 0.4) is 0 Å². The van der Waals surface area contributed by atoms with Crippen molar-refractivity contribution in [3.05, 3.63) is 72.8 Å². The molecule has 0 bridgehead atoms. The molecule has 134 valence electrons. The molecule has 0 aliphatic rings. The topological polar surface area (TPSA) is 59.4 Å². The van der Waals surface area contributed by atoms with E-state index >= 15 is 0 Å². The number of nitrogens with one attached hydrogen (secondary N) is 1. The van der Waals surface area contributed by atoms with Crippen LogP contribution in [0.15, 0.2) is 49.6 Å². The lowest BCUT2D eigenvalue weighted by Crippen LogP contribution is -2.07. The van der Waals surface area contributed by atoms with Gasteiger partial charge in [0.2, 0.25) is 17.5 Å². The predicted octanol–water partition coefficient (Wildman–Crippen LogP) is 4.54. The van der Waals surface area contributed by atoms with Gasteiger partial charge in [0.05, 0.1) is 0 Å². The zero-order valence-corrected chi connectivity index (χ0v) is 13.1. The highest BCUT2D eigenvalue weighted by Gasteiger charge is 2.22. The van der Waals surface area contributed by atoms with Crippen LogP contribution < -0.4 is 9.47 Å². The zero-order valence-electron chi connectivity index (χ0n) is 13.1. The van der Waals surface area contributed by atoms with E-state index < -0.39 is 57.8 Å². The molecule has 0 saturated heterocycles. The maximum Gasteiger partial charge on any atom is 0.335 e. The quantitative estimate of drug-likeness (QED) is 0.211. The van der Waals surface area contributed by atoms with Crippen LogP contribution in [0.4, 0.5) is 17.6 Å². The largest absolute Gasteiger partial charge is 0.436 e. The molecule has 0 unspecified atom stereocenters. The van der Waals surface area contributed by atoms with E-state index in [-0.39, 0.29) is 0 Å². The summed E-state index contributed by atoms with van der Waals surface area (Å²) in [6.07, 6.45) is 1.71. The molecule has 8 heteroatoms. The van der Waals surface area contributed by atoms with E-state index in [1.54, 1.807) is 0 Å². The monoisotopic (exact) mass is 365 g/mol. The van der Waals surface area contributed by atoms with E-state index in [1.165, 1.54) is 0 Å². The first-order chi connectivity index (χ1) is 12.3. The Bertz CT molecular complexity index is 850. The van der Waals surface area contributed by atoms with E-state index in [0.717, 1.165) is 36.4 Å². The van der Waals surface area contributed by atoms with E-state index in [9.17, 15) is 22.4 Å². The minimum atomic E-state index is -1.55. The van der Waals surface area contributed by atoms with Gasteiger partial charge in [-0.2, -0.15) is 8.78 Å². The van der Waals surface area contributed by atoms with Crippen molar-refractivity contribution in [2.75, 3.05) is 0 Å². The van der Waals surface area contributed by atoms with E-state index in [1.807, 2.05) is 0 Å². The highest BCUT2D eigenvalue weighted by atomic mass is 19.2. The van der Waals surface area contributed by atoms with Crippen LogP contribution in [-0.2, 0) is 4.79 Å². The molecule has 2 aromatic carbocycles. The Balaban J connectivity index is 2.49. The second-order valence-electron chi connectivity index (χ2n) is 4.77. The lowest BCUT2D eigenvalue weighted by molar-refractivity contribution is -0.129. The number of hydrogen-bond donors (Lipinski definition) is 1. The SMILES string of the molecule is C=CC(=N)Oc1ccc(-c2ccc(OC(=O)C=C)c(F)c2F)c(F)c1F. The van der Waals surface area contributed by atoms with Crippen molar-refractivity contribution in [2.24, 2.45) is 0 Å². The van der Waals surface area contributed by atoms with Crippen molar-refractivity contribution in [2.45, 2.75) is 0 Å². The minimum absolute atomic E-state index is 0.526. The Morgan fingerprint density at radius 1 is 0.808 bits per heavy atom. The highest BCUT2D eigenvalue weighted by molar-refractivity contribution is 5.86. The van der Waals surface area contributed by atoms with Gasteiger partial charge < -0.3 is 9.47 Å². The highest BCUT2D eigenvalue weighted by Crippen LogP contribution is 2.34. The molecular weight excluding hydrogens is 354 g/mol. The van der Waals surface area contributed by atoms with Crippen molar-refractivity contribution in [1.82, 2.24) is 0 Å². The summed E-state index contributed by atoms with van der Waals surface area (Å²) in [7, 11) is 0.